The van der Waals surface area contributed by atoms with Crippen LogP contribution in [0.25, 0.3) is 0 Å². The topological polar surface area (TPSA) is 57.5 Å². The summed E-state index contributed by atoms with van der Waals surface area (Å²) in [6, 6.07) is 0. The lowest BCUT2D eigenvalue weighted by Crippen LogP contribution is -2.63. The van der Waals surface area contributed by atoms with Gasteiger partial charge in [-0.15, -0.1) is 12.3 Å². The van der Waals surface area contributed by atoms with Crippen molar-refractivity contribution in [1.82, 2.24) is 0 Å². The number of carbonyl (C=O) groups is 1. The van der Waals surface area contributed by atoms with Crippen molar-refractivity contribution in [3.63, 3.8) is 0 Å². The van der Waals surface area contributed by atoms with E-state index in [-0.39, 0.29) is 23.0 Å². The summed E-state index contributed by atoms with van der Waals surface area (Å²) < 4.78 is 0. The molecular weight excluding hydrogens is 300 g/mol. The van der Waals surface area contributed by atoms with Gasteiger partial charge in [-0.05, 0) is 69.6 Å². The Morgan fingerprint density at radius 3 is 2.62 bits per heavy atom. The molecule has 0 aromatic rings. The maximum absolute atomic E-state index is 12.0. The van der Waals surface area contributed by atoms with Gasteiger partial charge in [-0.25, -0.2) is 0 Å². The lowest BCUT2D eigenvalue weighted by Gasteiger charge is -2.63. The fraction of sp³-hybridized carbons (Fsp3) is 0.857. The third kappa shape index (κ3) is 2.45. The van der Waals surface area contributed by atoms with Crippen molar-refractivity contribution in [3.05, 3.63) is 0 Å². The minimum Gasteiger partial charge on any atom is -0.390 e. The zero-order valence-electron chi connectivity index (χ0n) is 15.4. The normalized spacial score (nSPS) is 45.9. The van der Waals surface area contributed by atoms with E-state index < -0.39 is 11.2 Å². The quantitative estimate of drug-likeness (QED) is 0.761. The summed E-state index contributed by atoms with van der Waals surface area (Å²) in [6.07, 6.45) is 12.4. The number of carbonyl (C=O) groups excluding carboxylic acids is 1. The van der Waals surface area contributed by atoms with E-state index in [2.05, 4.69) is 12.8 Å². The van der Waals surface area contributed by atoms with Crippen molar-refractivity contribution < 1.29 is 15.0 Å². The molecule has 2 N–H and O–H groups in total. The maximum atomic E-state index is 12.0. The van der Waals surface area contributed by atoms with Crippen LogP contribution in [-0.2, 0) is 4.79 Å². The van der Waals surface area contributed by atoms with Crippen molar-refractivity contribution in [2.75, 3.05) is 0 Å². The van der Waals surface area contributed by atoms with Crippen LogP contribution in [0.3, 0.4) is 0 Å². The molecule has 3 fully saturated rings. The van der Waals surface area contributed by atoms with Crippen molar-refractivity contribution >= 4 is 5.78 Å². The Morgan fingerprint density at radius 2 is 2.00 bits per heavy atom. The van der Waals surface area contributed by atoms with E-state index in [1.54, 1.807) is 0 Å². The van der Waals surface area contributed by atoms with Crippen LogP contribution in [0.5, 0.6) is 0 Å². The van der Waals surface area contributed by atoms with Crippen LogP contribution in [0.1, 0.15) is 78.6 Å². The van der Waals surface area contributed by atoms with E-state index in [1.165, 1.54) is 0 Å². The van der Waals surface area contributed by atoms with E-state index >= 15 is 0 Å². The summed E-state index contributed by atoms with van der Waals surface area (Å²) in [5, 5.41) is 22.1. The van der Waals surface area contributed by atoms with Crippen molar-refractivity contribution in [1.29, 1.82) is 0 Å². The SMILES string of the molecule is C#CCC12CCC(=O)CC1(O)CCC1CC(C)(C(C)(C)O)CCC12. The smallest absolute Gasteiger partial charge is 0.135 e. The number of Topliss-reactive ketones (excluding diaryl/α,β-unsaturated/α-hetero) is 1. The van der Waals surface area contributed by atoms with Crippen LogP contribution in [-0.4, -0.2) is 27.2 Å². The van der Waals surface area contributed by atoms with Gasteiger partial charge in [0.15, 0.2) is 0 Å². The van der Waals surface area contributed by atoms with Crippen LogP contribution in [0.2, 0.25) is 0 Å². The molecule has 0 bridgehead atoms. The standard InChI is InChI=1S/C21H32O3/c1-5-9-20-11-7-16(22)14-21(20,24)12-6-15-13-19(4,18(2,3)23)10-8-17(15)20/h1,15,17,23-24H,6-14H2,2-4H3. The first-order valence-corrected chi connectivity index (χ1v) is 9.47. The maximum Gasteiger partial charge on any atom is 0.135 e. The number of hydrogen-bond donors (Lipinski definition) is 2. The fourth-order valence-electron chi connectivity index (χ4n) is 6.16. The Kier molecular flexibility index (Phi) is 4.17. The molecular formula is C21H32O3. The molecule has 3 nitrogen and oxygen atoms in total. The molecule has 5 atom stereocenters. The molecule has 0 heterocycles. The number of aliphatic hydroxyl groups is 2. The van der Waals surface area contributed by atoms with Gasteiger partial charge in [-0.1, -0.05) is 6.92 Å². The molecule has 0 aliphatic heterocycles. The monoisotopic (exact) mass is 332 g/mol. The Hall–Kier alpha value is -0.850. The zero-order valence-corrected chi connectivity index (χ0v) is 15.4. The van der Waals surface area contributed by atoms with E-state index in [4.69, 9.17) is 6.42 Å². The molecule has 134 valence electrons. The van der Waals surface area contributed by atoms with Crippen LogP contribution in [0.4, 0.5) is 0 Å². The van der Waals surface area contributed by atoms with Crippen molar-refractivity contribution in [2.45, 2.75) is 89.8 Å². The van der Waals surface area contributed by atoms with Crippen LogP contribution >= 0.6 is 0 Å². The highest BCUT2D eigenvalue weighted by atomic mass is 16.3. The molecule has 3 rings (SSSR count). The molecule has 0 radical (unpaired) electrons. The van der Waals surface area contributed by atoms with Gasteiger partial charge in [0.1, 0.15) is 5.78 Å². The third-order valence-corrected chi connectivity index (χ3v) is 8.09. The summed E-state index contributed by atoms with van der Waals surface area (Å²) in [5.74, 6) is 3.87. The van der Waals surface area contributed by atoms with Gasteiger partial charge in [-0.2, -0.15) is 0 Å². The first-order valence-electron chi connectivity index (χ1n) is 9.47. The molecule has 0 amide bonds. The Labute approximate surface area is 146 Å². The zero-order chi connectivity index (χ0) is 17.8. The summed E-state index contributed by atoms with van der Waals surface area (Å²) >= 11 is 0. The number of rotatable bonds is 2. The molecule has 3 aliphatic rings. The molecule has 24 heavy (non-hydrogen) atoms. The van der Waals surface area contributed by atoms with Crippen molar-refractivity contribution in [3.8, 4) is 12.3 Å². The summed E-state index contributed by atoms with van der Waals surface area (Å²) in [4.78, 5) is 12.0. The number of hydrogen-bond acceptors (Lipinski definition) is 3. The fourth-order valence-corrected chi connectivity index (χ4v) is 6.16. The summed E-state index contributed by atoms with van der Waals surface area (Å²) in [6.45, 7) is 6.04. The lowest BCUT2D eigenvalue weighted by atomic mass is 9.43. The van der Waals surface area contributed by atoms with E-state index in [0.717, 1.165) is 32.1 Å². The minimum absolute atomic E-state index is 0.0918. The second-order valence-electron chi connectivity index (χ2n) is 9.55. The van der Waals surface area contributed by atoms with Gasteiger partial charge >= 0.3 is 0 Å². The predicted molar refractivity (Wildman–Crippen MR) is 94.2 cm³/mol. The first-order chi connectivity index (χ1) is 11.1. The van der Waals surface area contributed by atoms with Crippen LogP contribution < -0.4 is 0 Å². The summed E-state index contributed by atoms with van der Waals surface area (Å²) in [5.41, 5.74) is -2.02. The highest BCUT2D eigenvalue weighted by Gasteiger charge is 2.63. The molecule has 5 unspecified atom stereocenters. The molecule has 0 saturated heterocycles. The lowest BCUT2D eigenvalue weighted by molar-refractivity contribution is -0.208. The molecule has 3 heteroatoms. The molecule has 3 saturated carbocycles. The number of terminal acetylenes is 1. The summed E-state index contributed by atoms with van der Waals surface area (Å²) in [7, 11) is 0. The molecule has 0 aromatic heterocycles. The number of fused-ring (bicyclic) bond motifs is 3. The van der Waals surface area contributed by atoms with Gasteiger partial charge in [-0.3, -0.25) is 4.79 Å². The van der Waals surface area contributed by atoms with E-state index in [0.29, 0.717) is 31.1 Å². The van der Waals surface area contributed by atoms with Gasteiger partial charge < -0.3 is 10.2 Å². The molecule has 3 aliphatic carbocycles. The average molecular weight is 332 g/mol. The van der Waals surface area contributed by atoms with E-state index in [1.807, 2.05) is 13.8 Å². The first kappa shape index (κ1) is 18.0. The Balaban J connectivity index is 1.94. The van der Waals surface area contributed by atoms with Gasteiger partial charge in [0, 0.05) is 24.7 Å². The molecule has 0 aromatic carbocycles. The highest BCUT2D eigenvalue weighted by molar-refractivity contribution is 5.81. The minimum atomic E-state index is -0.918. The predicted octanol–water partition coefficient (Wildman–Crippen LogP) is 3.47. The van der Waals surface area contributed by atoms with Gasteiger partial charge in [0.2, 0.25) is 0 Å². The Bertz CT molecular complexity index is 569. The highest BCUT2D eigenvalue weighted by Crippen LogP contribution is 2.64. The van der Waals surface area contributed by atoms with Gasteiger partial charge in [0.25, 0.3) is 0 Å². The van der Waals surface area contributed by atoms with Crippen molar-refractivity contribution in [2.24, 2.45) is 22.7 Å². The van der Waals surface area contributed by atoms with Crippen LogP contribution in [0, 0.1) is 35.0 Å². The molecule has 0 spiro atoms. The van der Waals surface area contributed by atoms with Gasteiger partial charge in [0.05, 0.1) is 11.2 Å². The third-order valence-electron chi connectivity index (χ3n) is 8.09. The second-order valence-corrected chi connectivity index (χ2v) is 9.55. The average Bonchev–Trinajstić information content (AvgIpc) is 2.47. The Morgan fingerprint density at radius 1 is 1.29 bits per heavy atom. The van der Waals surface area contributed by atoms with E-state index in [9.17, 15) is 15.0 Å². The number of ketones is 1. The second kappa shape index (κ2) is 5.58. The van der Waals surface area contributed by atoms with Crippen LogP contribution in [0.15, 0.2) is 0 Å². The largest absolute Gasteiger partial charge is 0.390 e.